The van der Waals surface area contributed by atoms with Gasteiger partial charge in [0, 0.05) is 18.0 Å². The van der Waals surface area contributed by atoms with Crippen LogP contribution in [-0.2, 0) is 4.79 Å². The Morgan fingerprint density at radius 2 is 2.13 bits per heavy atom. The highest BCUT2D eigenvalue weighted by molar-refractivity contribution is 7.08. The van der Waals surface area contributed by atoms with Gasteiger partial charge in [-0.05, 0) is 46.7 Å². The summed E-state index contributed by atoms with van der Waals surface area (Å²) in [7, 11) is 1.64. The number of nitrogens with one attached hydrogen (secondary N) is 1. The number of nitrogens with zero attached hydrogens (tertiary/aromatic N) is 2. The van der Waals surface area contributed by atoms with Crippen molar-refractivity contribution in [2.24, 2.45) is 0 Å². The number of benzene rings is 1. The van der Waals surface area contributed by atoms with E-state index >= 15 is 0 Å². The number of rotatable bonds is 3. The SMILES string of the molecule is COc1ccc(-n2cnc3c2NC(=O)CC3c2ccsc2)cc1. The van der Waals surface area contributed by atoms with Gasteiger partial charge >= 0.3 is 0 Å². The zero-order valence-corrected chi connectivity index (χ0v) is 13.3. The number of aromatic nitrogens is 2. The van der Waals surface area contributed by atoms with Crippen LogP contribution in [-0.4, -0.2) is 22.6 Å². The minimum Gasteiger partial charge on any atom is -0.497 e. The first-order valence-electron chi connectivity index (χ1n) is 7.30. The van der Waals surface area contributed by atoms with Gasteiger partial charge in [0.25, 0.3) is 0 Å². The largest absolute Gasteiger partial charge is 0.497 e. The summed E-state index contributed by atoms with van der Waals surface area (Å²) in [5.41, 5.74) is 3.00. The average molecular weight is 325 g/mol. The minimum atomic E-state index is 0.0176. The number of carbonyl (C=O) groups is 1. The van der Waals surface area contributed by atoms with Crippen LogP contribution in [0.4, 0.5) is 5.82 Å². The van der Waals surface area contributed by atoms with E-state index in [-0.39, 0.29) is 11.8 Å². The zero-order chi connectivity index (χ0) is 15.8. The maximum absolute atomic E-state index is 12.1. The summed E-state index contributed by atoms with van der Waals surface area (Å²) in [5.74, 6) is 1.58. The van der Waals surface area contributed by atoms with Gasteiger partial charge in [0.2, 0.25) is 5.91 Å². The zero-order valence-electron chi connectivity index (χ0n) is 12.5. The molecule has 1 atom stereocenters. The summed E-state index contributed by atoms with van der Waals surface area (Å²) in [6.07, 6.45) is 2.20. The Hall–Kier alpha value is -2.60. The summed E-state index contributed by atoms with van der Waals surface area (Å²) < 4.78 is 7.10. The number of carbonyl (C=O) groups excluding carboxylic acids is 1. The molecule has 1 N–H and O–H groups in total. The Balaban J connectivity index is 1.78. The predicted molar refractivity (Wildman–Crippen MR) is 89.5 cm³/mol. The highest BCUT2D eigenvalue weighted by atomic mass is 32.1. The van der Waals surface area contributed by atoms with Crippen molar-refractivity contribution in [3.63, 3.8) is 0 Å². The lowest BCUT2D eigenvalue weighted by atomic mass is 9.92. The lowest BCUT2D eigenvalue weighted by Crippen LogP contribution is -2.24. The van der Waals surface area contributed by atoms with Gasteiger partial charge in [-0.3, -0.25) is 9.36 Å². The van der Waals surface area contributed by atoms with E-state index in [1.54, 1.807) is 24.8 Å². The van der Waals surface area contributed by atoms with Gasteiger partial charge in [-0.15, -0.1) is 0 Å². The molecule has 0 bridgehead atoms. The van der Waals surface area contributed by atoms with Gasteiger partial charge in [0.15, 0.2) is 0 Å². The second-order valence-electron chi connectivity index (χ2n) is 5.41. The number of hydrogen-bond donors (Lipinski definition) is 1. The van der Waals surface area contributed by atoms with Gasteiger partial charge in [-0.1, -0.05) is 0 Å². The molecule has 0 saturated carbocycles. The summed E-state index contributed by atoms with van der Waals surface area (Å²) >= 11 is 1.64. The van der Waals surface area contributed by atoms with E-state index in [0.717, 1.165) is 28.5 Å². The second kappa shape index (κ2) is 5.55. The number of ether oxygens (including phenoxy) is 1. The molecule has 4 rings (SSSR count). The highest BCUT2D eigenvalue weighted by Gasteiger charge is 2.31. The van der Waals surface area contributed by atoms with E-state index in [9.17, 15) is 4.79 Å². The van der Waals surface area contributed by atoms with E-state index in [0.29, 0.717) is 6.42 Å². The molecule has 0 saturated heterocycles. The first-order chi connectivity index (χ1) is 11.3. The maximum atomic E-state index is 12.1. The smallest absolute Gasteiger partial charge is 0.226 e. The molecule has 1 amide bonds. The standard InChI is InChI=1S/C17H15N3O2S/c1-22-13-4-2-12(3-5-13)20-10-18-16-14(11-6-7-23-9-11)8-15(21)19-17(16)20/h2-7,9-10,14H,8H2,1H3,(H,19,21). The van der Waals surface area contributed by atoms with E-state index in [1.807, 2.05) is 34.2 Å². The molecular formula is C17H15N3O2S. The van der Waals surface area contributed by atoms with Crippen molar-refractivity contribution in [1.29, 1.82) is 0 Å². The van der Waals surface area contributed by atoms with Crippen molar-refractivity contribution >= 4 is 23.1 Å². The number of methoxy groups -OCH3 is 1. The Kier molecular flexibility index (Phi) is 3.38. The number of imidazole rings is 1. The molecular weight excluding hydrogens is 310 g/mol. The minimum absolute atomic E-state index is 0.0176. The molecule has 0 aliphatic carbocycles. The molecule has 0 radical (unpaired) electrons. The van der Waals surface area contributed by atoms with Gasteiger partial charge in [0.1, 0.15) is 17.9 Å². The molecule has 23 heavy (non-hydrogen) atoms. The van der Waals surface area contributed by atoms with Crippen LogP contribution in [0.15, 0.2) is 47.4 Å². The van der Waals surface area contributed by atoms with Crippen LogP contribution in [0, 0.1) is 0 Å². The third kappa shape index (κ3) is 2.41. The van der Waals surface area contributed by atoms with Gasteiger partial charge < -0.3 is 10.1 Å². The molecule has 1 unspecified atom stereocenters. The van der Waals surface area contributed by atoms with Crippen LogP contribution in [0.3, 0.4) is 0 Å². The van der Waals surface area contributed by atoms with Crippen molar-refractivity contribution in [3.05, 3.63) is 58.7 Å². The fraction of sp³-hybridized carbons (Fsp3) is 0.176. The van der Waals surface area contributed by atoms with Crippen LogP contribution in [0.25, 0.3) is 5.69 Å². The third-order valence-electron chi connectivity index (χ3n) is 4.07. The lowest BCUT2D eigenvalue weighted by Gasteiger charge is -2.22. The summed E-state index contributed by atoms with van der Waals surface area (Å²) in [6, 6.07) is 9.73. The molecule has 3 heterocycles. The van der Waals surface area contributed by atoms with Gasteiger partial charge in [-0.2, -0.15) is 11.3 Å². The van der Waals surface area contributed by atoms with Crippen LogP contribution in [0.2, 0.25) is 0 Å². The summed E-state index contributed by atoms with van der Waals surface area (Å²) in [4.78, 5) is 16.7. The molecule has 1 aliphatic heterocycles. The van der Waals surface area contributed by atoms with Crippen molar-refractivity contribution in [1.82, 2.24) is 9.55 Å². The molecule has 0 fully saturated rings. The van der Waals surface area contributed by atoms with Crippen molar-refractivity contribution in [3.8, 4) is 11.4 Å². The number of fused-ring (bicyclic) bond motifs is 1. The molecule has 1 aromatic carbocycles. The highest BCUT2D eigenvalue weighted by Crippen LogP contribution is 2.38. The molecule has 2 aromatic heterocycles. The third-order valence-corrected chi connectivity index (χ3v) is 4.77. The topological polar surface area (TPSA) is 56.1 Å². The van der Waals surface area contributed by atoms with Crippen LogP contribution < -0.4 is 10.1 Å². The van der Waals surface area contributed by atoms with E-state index < -0.39 is 0 Å². The maximum Gasteiger partial charge on any atom is 0.226 e. The number of anilines is 1. The summed E-state index contributed by atoms with van der Waals surface area (Å²) in [5, 5.41) is 7.07. The number of thiophene rings is 1. The molecule has 1 aliphatic rings. The fourth-order valence-corrected chi connectivity index (χ4v) is 3.61. The van der Waals surface area contributed by atoms with E-state index in [2.05, 4.69) is 21.7 Å². The van der Waals surface area contributed by atoms with Crippen LogP contribution in [0.1, 0.15) is 23.6 Å². The van der Waals surface area contributed by atoms with E-state index in [1.165, 1.54) is 0 Å². The molecule has 5 nitrogen and oxygen atoms in total. The van der Waals surface area contributed by atoms with Crippen LogP contribution >= 0.6 is 11.3 Å². The fourth-order valence-electron chi connectivity index (χ4n) is 2.89. The monoisotopic (exact) mass is 325 g/mol. The van der Waals surface area contributed by atoms with Gasteiger partial charge in [-0.25, -0.2) is 4.98 Å². The van der Waals surface area contributed by atoms with Crippen molar-refractivity contribution in [2.45, 2.75) is 12.3 Å². The second-order valence-corrected chi connectivity index (χ2v) is 6.19. The Morgan fingerprint density at radius 3 is 2.83 bits per heavy atom. The Bertz CT molecular complexity index is 837. The molecule has 6 heteroatoms. The predicted octanol–water partition coefficient (Wildman–Crippen LogP) is 3.42. The van der Waals surface area contributed by atoms with Gasteiger partial charge in [0.05, 0.1) is 12.8 Å². The van der Waals surface area contributed by atoms with Crippen molar-refractivity contribution < 1.29 is 9.53 Å². The molecule has 3 aromatic rings. The number of hydrogen-bond acceptors (Lipinski definition) is 4. The quantitative estimate of drug-likeness (QED) is 0.803. The molecule has 0 spiro atoms. The first-order valence-corrected chi connectivity index (χ1v) is 8.24. The molecule has 116 valence electrons. The first kappa shape index (κ1) is 14.0. The Labute approximate surface area is 137 Å². The van der Waals surface area contributed by atoms with Crippen LogP contribution in [0.5, 0.6) is 5.75 Å². The number of amides is 1. The lowest BCUT2D eigenvalue weighted by molar-refractivity contribution is -0.116. The Morgan fingerprint density at radius 1 is 1.30 bits per heavy atom. The van der Waals surface area contributed by atoms with E-state index in [4.69, 9.17) is 4.74 Å². The normalized spacial score (nSPS) is 16.7. The summed E-state index contributed by atoms with van der Waals surface area (Å²) in [6.45, 7) is 0. The average Bonchev–Trinajstić information content (AvgIpc) is 3.24. The van der Waals surface area contributed by atoms with Crippen molar-refractivity contribution in [2.75, 3.05) is 12.4 Å².